The minimum Gasteiger partial charge on any atom is -0.497 e. The molecular formula is C24H24N2O4. The Morgan fingerprint density at radius 1 is 0.800 bits per heavy atom. The third-order valence-electron chi connectivity index (χ3n) is 4.53. The maximum absolute atomic E-state index is 13.0. The summed E-state index contributed by atoms with van der Waals surface area (Å²) in [5.74, 6) is 0.683. The number of amides is 2. The van der Waals surface area contributed by atoms with E-state index in [0.29, 0.717) is 17.2 Å². The van der Waals surface area contributed by atoms with Crippen molar-refractivity contribution in [1.82, 2.24) is 0 Å². The van der Waals surface area contributed by atoms with Gasteiger partial charge in [0.05, 0.1) is 19.9 Å². The van der Waals surface area contributed by atoms with Crippen molar-refractivity contribution in [2.75, 3.05) is 24.4 Å². The van der Waals surface area contributed by atoms with Crippen molar-refractivity contribution in [3.63, 3.8) is 0 Å². The average Bonchev–Trinajstić information content (AvgIpc) is 2.79. The van der Waals surface area contributed by atoms with Gasteiger partial charge in [0, 0.05) is 30.3 Å². The molecule has 0 atom stereocenters. The molecular weight excluding hydrogens is 380 g/mol. The fourth-order valence-electron chi connectivity index (χ4n) is 3.04. The molecule has 0 aliphatic heterocycles. The molecule has 0 radical (unpaired) electrons. The Labute approximate surface area is 176 Å². The molecule has 0 spiro atoms. The molecule has 3 aromatic rings. The van der Waals surface area contributed by atoms with Crippen LogP contribution in [0.25, 0.3) is 0 Å². The zero-order valence-corrected chi connectivity index (χ0v) is 17.0. The quantitative estimate of drug-likeness (QED) is 0.586. The van der Waals surface area contributed by atoms with E-state index < -0.39 is 0 Å². The normalized spacial score (nSPS) is 10.2. The number of ether oxygens (including phenoxy) is 2. The van der Waals surface area contributed by atoms with E-state index in [1.54, 1.807) is 30.2 Å². The number of methoxy groups -OCH3 is 2. The van der Waals surface area contributed by atoms with Gasteiger partial charge in [0.25, 0.3) is 0 Å². The first-order valence-corrected chi connectivity index (χ1v) is 9.57. The highest BCUT2D eigenvalue weighted by atomic mass is 16.5. The molecule has 6 heteroatoms. The van der Waals surface area contributed by atoms with Crippen molar-refractivity contribution in [1.29, 1.82) is 0 Å². The Morgan fingerprint density at radius 2 is 1.40 bits per heavy atom. The number of para-hydroxylation sites is 2. The van der Waals surface area contributed by atoms with Gasteiger partial charge >= 0.3 is 0 Å². The van der Waals surface area contributed by atoms with E-state index in [-0.39, 0.29) is 24.7 Å². The molecule has 3 aromatic carbocycles. The third-order valence-corrected chi connectivity index (χ3v) is 4.53. The average molecular weight is 404 g/mol. The number of nitrogens with one attached hydrogen (secondary N) is 1. The number of carbonyl (C=O) groups is 2. The van der Waals surface area contributed by atoms with Crippen molar-refractivity contribution in [3.8, 4) is 11.5 Å². The molecule has 0 aromatic heterocycles. The molecule has 154 valence electrons. The molecule has 0 saturated carbocycles. The van der Waals surface area contributed by atoms with E-state index in [4.69, 9.17) is 9.47 Å². The van der Waals surface area contributed by atoms with Gasteiger partial charge < -0.3 is 14.8 Å². The summed E-state index contributed by atoms with van der Waals surface area (Å²) in [6.07, 6.45) is 0.109. The maximum Gasteiger partial charge on any atom is 0.232 e. The molecule has 0 aliphatic carbocycles. The highest BCUT2D eigenvalue weighted by molar-refractivity contribution is 6.03. The predicted molar refractivity (Wildman–Crippen MR) is 117 cm³/mol. The summed E-state index contributed by atoms with van der Waals surface area (Å²) >= 11 is 0. The van der Waals surface area contributed by atoms with E-state index in [1.807, 2.05) is 60.7 Å². The lowest BCUT2D eigenvalue weighted by molar-refractivity contribution is -0.122. The molecule has 0 bridgehead atoms. The molecule has 30 heavy (non-hydrogen) atoms. The molecule has 0 heterocycles. The molecule has 3 rings (SSSR count). The largest absolute Gasteiger partial charge is 0.497 e. The summed E-state index contributed by atoms with van der Waals surface area (Å²) in [7, 11) is 3.08. The Hall–Kier alpha value is -3.80. The number of rotatable bonds is 8. The van der Waals surface area contributed by atoms with Gasteiger partial charge in [0.15, 0.2) is 0 Å². The van der Waals surface area contributed by atoms with Crippen LogP contribution >= 0.6 is 0 Å². The fourth-order valence-corrected chi connectivity index (χ4v) is 3.04. The number of hydrogen-bond donors (Lipinski definition) is 1. The first-order chi connectivity index (χ1) is 14.6. The molecule has 2 amide bonds. The fraction of sp³-hybridized carbons (Fsp3) is 0.167. The number of benzene rings is 3. The molecule has 0 aliphatic rings. The van der Waals surface area contributed by atoms with E-state index >= 15 is 0 Å². The van der Waals surface area contributed by atoms with Gasteiger partial charge in [-0.2, -0.15) is 0 Å². The zero-order chi connectivity index (χ0) is 21.3. The van der Waals surface area contributed by atoms with Crippen molar-refractivity contribution >= 4 is 28.9 Å². The summed E-state index contributed by atoms with van der Waals surface area (Å²) in [6, 6.07) is 23.9. The van der Waals surface area contributed by atoms with Gasteiger partial charge in [-0.15, -0.1) is 0 Å². The summed E-state index contributed by atoms with van der Waals surface area (Å²) in [4.78, 5) is 27.1. The summed E-state index contributed by atoms with van der Waals surface area (Å²) < 4.78 is 10.5. The second kappa shape index (κ2) is 10.1. The first-order valence-electron chi connectivity index (χ1n) is 9.57. The van der Waals surface area contributed by atoms with E-state index in [0.717, 1.165) is 11.4 Å². The Balaban J connectivity index is 1.69. The standard InChI is InChI=1S/C24H24N2O4/c1-29-20-13-14-21(22(17-20)30-2)25-23(27)15-16-24(28)26(18-9-5-3-6-10-18)19-11-7-4-8-12-19/h3-14,17H,15-16H2,1-2H3,(H,25,27). The number of hydrogen-bond acceptors (Lipinski definition) is 4. The van der Waals surface area contributed by atoms with E-state index in [2.05, 4.69) is 5.32 Å². The van der Waals surface area contributed by atoms with Crippen LogP contribution in [0, 0.1) is 0 Å². The van der Waals surface area contributed by atoms with Gasteiger partial charge in [-0.25, -0.2) is 0 Å². The van der Waals surface area contributed by atoms with Crippen molar-refractivity contribution < 1.29 is 19.1 Å². The zero-order valence-electron chi connectivity index (χ0n) is 17.0. The molecule has 1 N–H and O–H groups in total. The lowest BCUT2D eigenvalue weighted by Gasteiger charge is -2.23. The lowest BCUT2D eigenvalue weighted by Crippen LogP contribution is -2.27. The van der Waals surface area contributed by atoms with Crippen LogP contribution in [0.2, 0.25) is 0 Å². The van der Waals surface area contributed by atoms with Crippen LogP contribution in [0.5, 0.6) is 11.5 Å². The predicted octanol–water partition coefficient (Wildman–Crippen LogP) is 4.79. The van der Waals surface area contributed by atoms with Crippen molar-refractivity contribution in [2.24, 2.45) is 0 Å². The van der Waals surface area contributed by atoms with Crippen molar-refractivity contribution in [2.45, 2.75) is 12.8 Å². The SMILES string of the molecule is COc1ccc(NC(=O)CCC(=O)N(c2ccccc2)c2ccccc2)c(OC)c1. The number of nitrogens with zero attached hydrogens (tertiary/aromatic N) is 1. The molecule has 0 unspecified atom stereocenters. The molecule has 0 saturated heterocycles. The van der Waals surface area contributed by atoms with Gasteiger partial charge in [0.2, 0.25) is 11.8 Å². The highest BCUT2D eigenvalue weighted by Crippen LogP contribution is 2.29. The van der Waals surface area contributed by atoms with Crippen LogP contribution in [-0.4, -0.2) is 26.0 Å². The minimum atomic E-state index is -0.270. The maximum atomic E-state index is 13.0. The lowest BCUT2D eigenvalue weighted by atomic mass is 10.2. The third kappa shape index (κ3) is 5.17. The van der Waals surface area contributed by atoms with Crippen LogP contribution in [0.3, 0.4) is 0 Å². The minimum absolute atomic E-state index is 0.0458. The smallest absolute Gasteiger partial charge is 0.232 e. The van der Waals surface area contributed by atoms with Crippen molar-refractivity contribution in [3.05, 3.63) is 78.9 Å². The molecule has 0 fully saturated rings. The Morgan fingerprint density at radius 3 is 1.93 bits per heavy atom. The Kier molecular flexibility index (Phi) is 7.05. The number of carbonyl (C=O) groups excluding carboxylic acids is 2. The monoisotopic (exact) mass is 404 g/mol. The van der Waals surface area contributed by atoms with Crippen LogP contribution in [0.1, 0.15) is 12.8 Å². The summed E-state index contributed by atoms with van der Waals surface area (Å²) in [5.41, 5.74) is 2.04. The van der Waals surface area contributed by atoms with Gasteiger partial charge in [-0.1, -0.05) is 36.4 Å². The second-order valence-corrected chi connectivity index (χ2v) is 6.51. The topological polar surface area (TPSA) is 67.9 Å². The number of anilines is 3. The van der Waals surface area contributed by atoms with E-state index in [9.17, 15) is 9.59 Å². The molecule has 6 nitrogen and oxygen atoms in total. The van der Waals surface area contributed by atoms with Gasteiger partial charge in [0.1, 0.15) is 11.5 Å². The Bertz CT molecular complexity index is 951. The van der Waals surface area contributed by atoms with Gasteiger partial charge in [-0.3, -0.25) is 14.5 Å². The van der Waals surface area contributed by atoms with Crippen LogP contribution in [-0.2, 0) is 9.59 Å². The summed E-state index contributed by atoms with van der Waals surface area (Å²) in [6.45, 7) is 0. The van der Waals surface area contributed by atoms with Crippen LogP contribution in [0.15, 0.2) is 78.9 Å². The van der Waals surface area contributed by atoms with Crippen LogP contribution < -0.4 is 19.7 Å². The van der Waals surface area contributed by atoms with E-state index in [1.165, 1.54) is 7.11 Å². The van der Waals surface area contributed by atoms with Crippen LogP contribution in [0.4, 0.5) is 17.1 Å². The highest BCUT2D eigenvalue weighted by Gasteiger charge is 2.19. The second-order valence-electron chi connectivity index (χ2n) is 6.51. The first kappa shape index (κ1) is 20.9. The summed E-state index contributed by atoms with van der Waals surface area (Å²) in [5, 5.41) is 2.80. The van der Waals surface area contributed by atoms with Gasteiger partial charge in [-0.05, 0) is 36.4 Å².